The highest BCUT2D eigenvalue weighted by atomic mass is 16.5. The fourth-order valence-corrected chi connectivity index (χ4v) is 1.33. The minimum atomic E-state index is 0.0684. The van der Waals surface area contributed by atoms with Crippen molar-refractivity contribution in [2.24, 2.45) is 11.7 Å². The summed E-state index contributed by atoms with van der Waals surface area (Å²) >= 11 is 0. The van der Waals surface area contributed by atoms with Crippen molar-refractivity contribution in [1.82, 2.24) is 5.32 Å². The second-order valence-electron chi connectivity index (χ2n) is 3.78. The van der Waals surface area contributed by atoms with Gasteiger partial charge in [-0.05, 0) is 26.3 Å². The van der Waals surface area contributed by atoms with E-state index in [2.05, 4.69) is 5.32 Å². The second kappa shape index (κ2) is 8.68. The average molecular weight is 216 g/mol. The number of hydrogen-bond acceptors (Lipinski definition) is 3. The monoisotopic (exact) mass is 216 g/mol. The van der Waals surface area contributed by atoms with Gasteiger partial charge in [-0.25, -0.2) is 0 Å². The van der Waals surface area contributed by atoms with Crippen LogP contribution in [0.4, 0.5) is 0 Å². The normalized spacial score (nSPS) is 14.7. The van der Waals surface area contributed by atoms with E-state index in [9.17, 15) is 4.79 Å². The fourth-order valence-electron chi connectivity index (χ4n) is 1.33. The number of amides is 1. The molecule has 15 heavy (non-hydrogen) atoms. The lowest BCUT2D eigenvalue weighted by Crippen LogP contribution is -2.34. The van der Waals surface area contributed by atoms with Crippen LogP contribution in [-0.2, 0) is 9.53 Å². The predicted octanol–water partition coefficient (Wildman–Crippen LogP) is 0.903. The molecule has 0 radical (unpaired) electrons. The Bertz CT molecular complexity index is 170. The molecule has 0 bridgehead atoms. The van der Waals surface area contributed by atoms with Crippen molar-refractivity contribution in [3.8, 4) is 0 Å². The Labute approximate surface area is 92.6 Å². The molecular formula is C11H24N2O2. The Morgan fingerprint density at radius 1 is 1.47 bits per heavy atom. The van der Waals surface area contributed by atoms with Crippen molar-refractivity contribution in [3.63, 3.8) is 0 Å². The van der Waals surface area contributed by atoms with Gasteiger partial charge < -0.3 is 15.8 Å². The summed E-state index contributed by atoms with van der Waals surface area (Å²) in [5, 5.41) is 2.85. The van der Waals surface area contributed by atoms with Gasteiger partial charge in [0.1, 0.15) is 0 Å². The zero-order chi connectivity index (χ0) is 11.7. The minimum Gasteiger partial charge on any atom is -0.377 e. The van der Waals surface area contributed by atoms with Gasteiger partial charge in [0.25, 0.3) is 0 Å². The summed E-state index contributed by atoms with van der Waals surface area (Å²) in [6.45, 7) is 7.77. The maximum absolute atomic E-state index is 11.5. The third-order valence-electron chi connectivity index (χ3n) is 2.42. The van der Waals surface area contributed by atoms with Crippen LogP contribution in [0, 0.1) is 5.92 Å². The predicted molar refractivity (Wildman–Crippen MR) is 61.6 cm³/mol. The van der Waals surface area contributed by atoms with Crippen molar-refractivity contribution in [3.05, 3.63) is 0 Å². The molecule has 0 saturated carbocycles. The fraction of sp³-hybridized carbons (Fsp3) is 0.909. The van der Waals surface area contributed by atoms with Crippen molar-refractivity contribution < 1.29 is 9.53 Å². The van der Waals surface area contributed by atoms with Crippen LogP contribution in [0.3, 0.4) is 0 Å². The van der Waals surface area contributed by atoms with E-state index in [0.29, 0.717) is 32.0 Å². The largest absolute Gasteiger partial charge is 0.377 e. The summed E-state index contributed by atoms with van der Waals surface area (Å²) < 4.78 is 5.31. The molecule has 2 unspecified atom stereocenters. The first kappa shape index (κ1) is 14.4. The highest BCUT2D eigenvalue weighted by molar-refractivity contribution is 5.76. The molecule has 2 atom stereocenters. The van der Waals surface area contributed by atoms with E-state index < -0.39 is 0 Å². The van der Waals surface area contributed by atoms with Gasteiger partial charge in [0.05, 0.1) is 6.10 Å². The van der Waals surface area contributed by atoms with Crippen LogP contribution in [0.25, 0.3) is 0 Å². The lowest BCUT2D eigenvalue weighted by molar-refractivity contribution is -0.122. The number of hydrogen-bond donors (Lipinski definition) is 2. The molecule has 0 heterocycles. The quantitative estimate of drug-likeness (QED) is 0.633. The molecule has 90 valence electrons. The summed E-state index contributed by atoms with van der Waals surface area (Å²) in [4.78, 5) is 11.5. The first-order valence-corrected chi connectivity index (χ1v) is 5.72. The summed E-state index contributed by atoms with van der Waals surface area (Å²) in [6.07, 6.45) is 1.55. The third-order valence-corrected chi connectivity index (χ3v) is 2.42. The Kier molecular flexibility index (Phi) is 8.33. The van der Waals surface area contributed by atoms with Crippen LogP contribution >= 0.6 is 0 Å². The van der Waals surface area contributed by atoms with Gasteiger partial charge in [0.2, 0.25) is 5.91 Å². The van der Waals surface area contributed by atoms with Crippen molar-refractivity contribution in [1.29, 1.82) is 0 Å². The van der Waals surface area contributed by atoms with Crippen LogP contribution in [0.2, 0.25) is 0 Å². The SMILES string of the molecule is CCOC(C)CNC(=O)CC(CC)CN. The van der Waals surface area contributed by atoms with E-state index in [-0.39, 0.29) is 12.0 Å². The standard InChI is InChI=1S/C11H24N2O2/c1-4-10(7-12)6-11(14)13-8-9(3)15-5-2/h9-10H,4-8,12H2,1-3H3,(H,13,14). The molecule has 0 aromatic heterocycles. The molecule has 0 saturated heterocycles. The number of nitrogens with one attached hydrogen (secondary N) is 1. The van der Waals surface area contributed by atoms with Crippen LogP contribution in [-0.4, -0.2) is 31.7 Å². The Balaban J connectivity index is 3.64. The van der Waals surface area contributed by atoms with Crippen LogP contribution in [0.5, 0.6) is 0 Å². The highest BCUT2D eigenvalue weighted by Gasteiger charge is 2.11. The summed E-state index contributed by atoms with van der Waals surface area (Å²) in [5.41, 5.74) is 5.53. The molecule has 0 rings (SSSR count). The van der Waals surface area contributed by atoms with Gasteiger partial charge in [-0.3, -0.25) is 4.79 Å². The smallest absolute Gasteiger partial charge is 0.220 e. The van der Waals surface area contributed by atoms with Gasteiger partial charge in [0, 0.05) is 19.6 Å². The zero-order valence-corrected chi connectivity index (χ0v) is 10.1. The molecule has 3 N–H and O–H groups in total. The average Bonchev–Trinajstić information content (AvgIpc) is 2.23. The second-order valence-corrected chi connectivity index (χ2v) is 3.78. The van der Waals surface area contributed by atoms with Gasteiger partial charge in [-0.2, -0.15) is 0 Å². The first-order chi connectivity index (χ1) is 7.13. The molecule has 0 fully saturated rings. The van der Waals surface area contributed by atoms with E-state index in [1.165, 1.54) is 0 Å². The summed E-state index contributed by atoms with van der Waals surface area (Å²) in [6, 6.07) is 0. The Hall–Kier alpha value is -0.610. The maximum Gasteiger partial charge on any atom is 0.220 e. The van der Waals surface area contributed by atoms with E-state index in [1.54, 1.807) is 0 Å². The van der Waals surface area contributed by atoms with Gasteiger partial charge >= 0.3 is 0 Å². The van der Waals surface area contributed by atoms with Crippen molar-refractivity contribution >= 4 is 5.91 Å². The molecule has 0 aliphatic heterocycles. The first-order valence-electron chi connectivity index (χ1n) is 5.72. The minimum absolute atomic E-state index is 0.0684. The van der Waals surface area contributed by atoms with Gasteiger partial charge in [-0.15, -0.1) is 0 Å². The molecule has 0 aliphatic rings. The number of ether oxygens (including phenoxy) is 1. The van der Waals surface area contributed by atoms with E-state index in [4.69, 9.17) is 10.5 Å². The number of carbonyl (C=O) groups excluding carboxylic acids is 1. The Morgan fingerprint density at radius 3 is 2.60 bits per heavy atom. The number of nitrogens with two attached hydrogens (primary N) is 1. The van der Waals surface area contributed by atoms with Crippen LogP contribution in [0.15, 0.2) is 0 Å². The number of rotatable bonds is 8. The molecule has 0 spiro atoms. The lowest BCUT2D eigenvalue weighted by atomic mass is 10.0. The van der Waals surface area contributed by atoms with E-state index in [1.807, 2.05) is 20.8 Å². The van der Waals surface area contributed by atoms with Gasteiger partial charge in [0.15, 0.2) is 0 Å². The molecule has 4 nitrogen and oxygen atoms in total. The zero-order valence-electron chi connectivity index (χ0n) is 10.1. The van der Waals surface area contributed by atoms with E-state index >= 15 is 0 Å². The molecule has 0 aromatic rings. The van der Waals surface area contributed by atoms with E-state index in [0.717, 1.165) is 6.42 Å². The number of carbonyl (C=O) groups is 1. The lowest BCUT2D eigenvalue weighted by Gasteiger charge is -2.15. The van der Waals surface area contributed by atoms with Crippen molar-refractivity contribution in [2.45, 2.75) is 39.7 Å². The molecule has 4 heteroatoms. The van der Waals surface area contributed by atoms with Gasteiger partial charge in [-0.1, -0.05) is 13.3 Å². The molecule has 0 aliphatic carbocycles. The summed E-state index contributed by atoms with van der Waals surface area (Å²) in [7, 11) is 0. The highest BCUT2D eigenvalue weighted by Crippen LogP contribution is 2.05. The van der Waals surface area contributed by atoms with Crippen LogP contribution < -0.4 is 11.1 Å². The Morgan fingerprint density at radius 2 is 2.13 bits per heavy atom. The van der Waals surface area contributed by atoms with Crippen molar-refractivity contribution in [2.75, 3.05) is 19.7 Å². The third kappa shape index (κ3) is 7.33. The molecule has 1 amide bonds. The molecular weight excluding hydrogens is 192 g/mol. The summed E-state index contributed by atoms with van der Waals surface area (Å²) in [5.74, 6) is 0.367. The van der Waals surface area contributed by atoms with Crippen LogP contribution in [0.1, 0.15) is 33.6 Å². The maximum atomic E-state index is 11.5. The topological polar surface area (TPSA) is 64.3 Å². The molecule has 0 aromatic carbocycles.